The molecule has 0 aliphatic carbocycles. The van der Waals surface area contributed by atoms with Crippen molar-refractivity contribution in [2.75, 3.05) is 6.54 Å². The number of nitrogens with zero attached hydrogens (tertiary/aromatic N) is 3. The normalized spacial score (nSPS) is 22.5. The molecule has 0 spiro atoms. The fourth-order valence-electron chi connectivity index (χ4n) is 2.40. The number of hydrogen-bond acceptors (Lipinski definition) is 3. The lowest BCUT2D eigenvalue weighted by atomic mass is 10.0. The maximum Gasteiger partial charge on any atom is 0.317 e. The van der Waals surface area contributed by atoms with Crippen molar-refractivity contribution in [3.63, 3.8) is 0 Å². The topological polar surface area (TPSA) is 87.5 Å². The molecule has 2 amide bonds. The zero-order valence-electron chi connectivity index (χ0n) is 11.0. The van der Waals surface area contributed by atoms with Crippen molar-refractivity contribution in [2.45, 2.75) is 25.9 Å². The largest absolute Gasteiger partial charge is 0.481 e. The number of amides is 2. The number of nitrogens with one attached hydrogen (secondary N) is 1. The smallest absolute Gasteiger partial charge is 0.317 e. The van der Waals surface area contributed by atoms with Gasteiger partial charge in [-0.3, -0.25) is 9.48 Å². The predicted octanol–water partition coefficient (Wildman–Crippen LogP) is 0.425. The molecule has 1 aromatic rings. The highest BCUT2D eigenvalue weighted by Gasteiger charge is 2.37. The Kier molecular flexibility index (Phi) is 3.73. The minimum Gasteiger partial charge on any atom is -0.481 e. The van der Waals surface area contributed by atoms with Gasteiger partial charge in [0.05, 0.1) is 12.1 Å². The Morgan fingerprint density at radius 3 is 2.84 bits per heavy atom. The molecule has 0 saturated carbocycles. The van der Waals surface area contributed by atoms with E-state index in [0.29, 0.717) is 19.5 Å². The lowest BCUT2D eigenvalue weighted by Crippen LogP contribution is -2.43. The average molecular weight is 266 g/mol. The van der Waals surface area contributed by atoms with E-state index in [0.717, 1.165) is 5.56 Å². The van der Waals surface area contributed by atoms with Crippen LogP contribution in [0.4, 0.5) is 4.79 Å². The molecule has 2 N–H and O–H groups in total. The molecule has 1 aliphatic rings. The van der Waals surface area contributed by atoms with E-state index < -0.39 is 11.9 Å². The summed E-state index contributed by atoms with van der Waals surface area (Å²) in [7, 11) is 1.81. The number of aliphatic carboxylic acids is 1. The van der Waals surface area contributed by atoms with Gasteiger partial charge in [0, 0.05) is 37.9 Å². The second kappa shape index (κ2) is 5.29. The van der Waals surface area contributed by atoms with Crippen molar-refractivity contribution in [1.82, 2.24) is 20.0 Å². The molecule has 2 heterocycles. The highest BCUT2D eigenvalue weighted by Crippen LogP contribution is 2.24. The molecule has 1 fully saturated rings. The maximum atomic E-state index is 12.0. The Balaban J connectivity index is 1.89. The minimum absolute atomic E-state index is 0.222. The first kappa shape index (κ1) is 13.4. The van der Waals surface area contributed by atoms with Gasteiger partial charge < -0.3 is 15.3 Å². The van der Waals surface area contributed by atoms with Crippen LogP contribution in [0.3, 0.4) is 0 Å². The molecule has 0 bridgehead atoms. The molecule has 2 rings (SSSR count). The third-order valence-electron chi connectivity index (χ3n) is 3.54. The van der Waals surface area contributed by atoms with E-state index in [1.54, 1.807) is 22.7 Å². The zero-order valence-corrected chi connectivity index (χ0v) is 11.0. The molecule has 2 unspecified atom stereocenters. The fourth-order valence-corrected chi connectivity index (χ4v) is 2.40. The van der Waals surface area contributed by atoms with Crippen molar-refractivity contribution in [3.05, 3.63) is 18.0 Å². The van der Waals surface area contributed by atoms with E-state index in [1.165, 1.54) is 0 Å². The Bertz CT molecular complexity index is 485. The quantitative estimate of drug-likeness (QED) is 0.830. The van der Waals surface area contributed by atoms with Crippen LogP contribution in [0.1, 0.15) is 18.9 Å². The highest BCUT2D eigenvalue weighted by molar-refractivity contribution is 5.78. The van der Waals surface area contributed by atoms with Crippen molar-refractivity contribution in [3.8, 4) is 0 Å². The van der Waals surface area contributed by atoms with Crippen LogP contribution in [0.15, 0.2) is 12.4 Å². The molecule has 0 radical (unpaired) electrons. The second-order valence-electron chi connectivity index (χ2n) is 4.85. The summed E-state index contributed by atoms with van der Waals surface area (Å²) < 4.78 is 1.67. The summed E-state index contributed by atoms with van der Waals surface area (Å²) in [5.41, 5.74) is 0.914. The first-order valence-corrected chi connectivity index (χ1v) is 6.24. The van der Waals surface area contributed by atoms with Crippen LogP contribution < -0.4 is 5.32 Å². The molecule has 7 heteroatoms. The van der Waals surface area contributed by atoms with Crippen molar-refractivity contribution in [2.24, 2.45) is 13.0 Å². The summed E-state index contributed by atoms with van der Waals surface area (Å²) in [5, 5.41) is 15.8. The number of urea groups is 1. The van der Waals surface area contributed by atoms with E-state index in [2.05, 4.69) is 10.4 Å². The van der Waals surface area contributed by atoms with Gasteiger partial charge in [-0.1, -0.05) is 0 Å². The van der Waals surface area contributed by atoms with E-state index >= 15 is 0 Å². The van der Waals surface area contributed by atoms with Gasteiger partial charge in [-0.25, -0.2) is 4.79 Å². The predicted molar refractivity (Wildman–Crippen MR) is 67.4 cm³/mol. The number of carboxylic acid groups (broad SMARTS) is 1. The average Bonchev–Trinajstić information content (AvgIpc) is 2.92. The molecular formula is C12H18N4O3. The molecule has 1 aromatic heterocycles. The third-order valence-corrected chi connectivity index (χ3v) is 3.54. The van der Waals surface area contributed by atoms with Crippen LogP contribution in [-0.2, 0) is 18.4 Å². The number of aryl methyl sites for hydroxylation is 1. The summed E-state index contributed by atoms with van der Waals surface area (Å²) in [6.45, 7) is 2.65. The lowest BCUT2D eigenvalue weighted by molar-refractivity contribution is -0.142. The molecular weight excluding hydrogens is 248 g/mol. The lowest BCUT2D eigenvalue weighted by Gasteiger charge is -2.23. The van der Waals surface area contributed by atoms with Crippen LogP contribution in [0.25, 0.3) is 0 Å². The van der Waals surface area contributed by atoms with E-state index in [-0.39, 0.29) is 12.1 Å². The molecule has 2 atom stereocenters. The summed E-state index contributed by atoms with van der Waals surface area (Å²) in [6.07, 6.45) is 4.03. The summed E-state index contributed by atoms with van der Waals surface area (Å²) in [6, 6.07) is -0.494. The molecule has 19 heavy (non-hydrogen) atoms. The highest BCUT2D eigenvalue weighted by atomic mass is 16.4. The zero-order chi connectivity index (χ0) is 14.0. The van der Waals surface area contributed by atoms with E-state index in [4.69, 9.17) is 5.11 Å². The summed E-state index contributed by atoms with van der Waals surface area (Å²) in [4.78, 5) is 24.6. The molecule has 1 saturated heterocycles. The van der Waals surface area contributed by atoms with Gasteiger partial charge in [0.25, 0.3) is 0 Å². The Hall–Kier alpha value is -2.05. The number of rotatable bonds is 3. The summed E-state index contributed by atoms with van der Waals surface area (Å²) in [5.74, 6) is -1.31. The van der Waals surface area contributed by atoms with Gasteiger partial charge in [-0.05, 0) is 13.3 Å². The number of aromatic nitrogens is 2. The SMILES string of the molecule is CC1C(C(=O)O)CCN1C(=O)NCc1cnn(C)c1. The van der Waals surface area contributed by atoms with Crippen molar-refractivity contribution < 1.29 is 14.7 Å². The number of carbonyl (C=O) groups is 2. The Morgan fingerprint density at radius 2 is 2.32 bits per heavy atom. The van der Waals surface area contributed by atoms with Crippen LogP contribution in [-0.4, -0.2) is 44.4 Å². The number of carbonyl (C=O) groups excluding carboxylic acids is 1. The van der Waals surface area contributed by atoms with Crippen LogP contribution in [0.5, 0.6) is 0 Å². The molecule has 7 nitrogen and oxygen atoms in total. The van der Waals surface area contributed by atoms with Gasteiger partial charge in [0.15, 0.2) is 0 Å². The van der Waals surface area contributed by atoms with Gasteiger partial charge in [0.1, 0.15) is 0 Å². The van der Waals surface area contributed by atoms with Gasteiger partial charge in [0.2, 0.25) is 0 Å². The van der Waals surface area contributed by atoms with Crippen molar-refractivity contribution in [1.29, 1.82) is 0 Å². The van der Waals surface area contributed by atoms with E-state index in [9.17, 15) is 9.59 Å². The van der Waals surface area contributed by atoms with E-state index in [1.807, 2.05) is 13.2 Å². The van der Waals surface area contributed by atoms with Crippen LogP contribution in [0.2, 0.25) is 0 Å². The summed E-state index contributed by atoms with van der Waals surface area (Å²) >= 11 is 0. The molecule has 1 aliphatic heterocycles. The number of likely N-dealkylation sites (tertiary alicyclic amines) is 1. The first-order valence-electron chi connectivity index (χ1n) is 6.24. The number of hydrogen-bond donors (Lipinski definition) is 2. The fraction of sp³-hybridized carbons (Fsp3) is 0.583. The Morgan fingerprint density at radius 1 is 1.58 bits per heavy atom. The van der Waals surface area contributed by atoms with Crippen LogP contribution in [0, 0.1) is 5.92 Å². The first-order chi connectivity index (χ1) is 8.99. The molecule has 104 valence electrons. The second-order valence-corrected chi connectivity index (χ2v) is 4.85. The Labute approximate surface area is 111 Å². The standard InChI is InChI=1S/C12H18N4O3/c1-8-10(11(17)18)3-4-16(8)12(19)13-5-9-6-14-15(2)7-9/h6-8,10H,3-5H2,1-2H3,(H,13,19)(H,17,18). The number of carboxylic acids is 1. The third kappa shape index (κ3) is 2.86. The van der Waals surface area contributed by atoms with Gasteiger partial charge in [-0.15, -0.1) is 0 Å². The van der Waals surface area contributed by atoms with Crippen LogP contribution >= 0.6 is 0 Å². The maximum absolute atomic E-state index is 12.0. The van der Waals surface area contributed by atoms with Gasteiger partial charge >= 0.3 is 12.0 Å². The van der Waals surface area contributed by atoms with Crippen molar-refractivity contribution >= 4 is 12.0 Å². The molecule has 0 aromatic carbocycles. The monoisotopic (exact) mass is 266 g/mol. The minimum atomic E-state index is -0.838. The van der Waals surface area contributed by atoms with Gasteiger partial charge in [-0.2, -0.15) is 5.10 Å².